The fourth-order valence-electron chi connectivity index (χ4n) is 2.91. The summed E-state index contributed by atoms with van der Waals surface area (Å²) in [7, 11) is 1.38. The fourth-order valence-corrected chi connectivity index (χ4v) is 2.91. The first kappa shape index (κ1) is 16.1. The highest BCUT2D eigenvalue weighted by Gasteiger charge is 2.43. The maximum atomic E-state index is 12.6. The average Bonchev–Trinajstić information content (AvgIpc) is 2.57. The number of ether oxygens (including phenoxy) is 1. The van der Waals surface area contributed by atoms with Crippen molar-refractivity contribution in [2.24, 2.45) is 0 Å². The summed E-state index contributed by atoms with van der Waals surface area (Å²) in [5.41, 5.74) is -0.812. The zero-order valence-electron chi connectivity index (χ0n) is 13.6. The second-order valence-electron chi connectivity index (χ2n) is 5.99. The number of benzene rings is 2. The van der Waals surface area contributed by atoms with Crippen LogP contribution in [-0.2, 0) is 9.53 Å². The molecule has 0 spiro atoms. The first-order chi connectivity index (χ1) is 11.4. The van der Waals surface area contributed by atoms with Gasteiger partial charge in [0.15, 0.2) is 17.2 Å². The van der Waals surface area contributed by atoms with E-state index in [0.29, 0.717) is 11.1 Å². The zero-order chi connectivity index (χ0) is 17.3. The number of hydrogen-bond acceptors (Lipinski definition) is 4. The van der Waals surface area contributed by atoms with Gasteiger partial charge in [-0.3, -0.25) is 9.59 Å². The van der Waals surface area contributed by atoms with Gasteiger partial charge in [-0.1, -0.05) is 36.4 Å². The highest BCUT2D eigenvalue weighted by Crippen LogP contribution is 2.31. The summed E-state index contributed by atoms with van der Waals surface area (Å²) in [4.78, 5) is 24.9. The Labute approximate surface area is 140 Å². The SMILES string of the molecule is COC1=CC(C)=CC(=O)C1(O)CC(=O)c1ccc2ccccc2c1. The normalized spacial score (nSPS) is 20.5. The first-order valence-corrected chi connectivity index (χ1v) is 7.67. The van der Waals surface area contributed by atoms with Gasteiger partial charge in [-0.2, -0.15) is 0 Å². The third-order valence-electron chi connectivity index (χ3n) is 4.24. The maximum absolute atomic E-state index is 12.6. The molecule has 3 rings (SSSR count). The Kier molecular flexibility index (Phi) is 4.08. The van der Waals surface area contributed by atoms with E-state index in [9.17, 15) is 14.7 Å². The first-order valence-electron chi connectivity index (χ1n) is 7.67. The molecule has 2 aromatic rings. The highest BCUT2D eigenvalue weighted by atomic mass is 16.5. The molecule has 0 bridgehead atoms. The molecule has 4 heteroatoms. The molecule has 1 unspecified atom stereocenters. The van der Waals surface area contributed by atoms with Crippen molar-refractivity contribution in [1.29, 1.82) is 0 Å². The molecule has 24 heavy (non-hydrogen) atoms. The van der Waals surface area contributed by atoms with Crippen molar-refractivity contribution < 1.29 is 19.4 Å². The monoisotopic (exact) mass is 322 g/mol. The minimum atomic E-state index is -1.95. The molecule has 4 nitrogen and oxygen atoms in total. The van der Waals surface area contributed by atoms with Gasteiger partial charge in [-0.15, -0.1) is 0 Å². The summed E-state index contributed by atoms with van der Waals surface area (Å²) < 4.78 is 5.15. The van der Waals surface area contributed by atoms with Gasteiger partial charge in [0.1, 0.15) is 5.76 Å². The van der Waals surface area contributed by atoms with Crippen molar-refractivity contribution in [2.75, 3.05) is 7.11 Å². The molecule has 0 saturated heterocycles. The Balaban J connectivity index is 1.92. The molecule has 0 aromatic heterocycles. The van der Waals surface area contributed by atoms with Crippen LogP contribution in [0, 0.1) is 0 Å². The molecule has 1 atom stereocenters. The number of hydrogen-bond donors (Lipinski definition) is 1. The van der Waals surface area contributed by atoms with Crippen molar-refractivity contribution in [3.63, 3.8) is 0 Å². The van der Waals surface area contributed by atoms with E-state index >= 15 is 0 Å². The van der Waals surface area contributed by atoms with Crippen LogP contribution < -0.4 is 0 Å². The van der Waals surface area contributed by atoms with E-state index in [1.54, 1.807) is 25.1 Å². The molecule has 0 amide bonds. The maximum Gasteiger partial charge on any atom is 0.195 e. The second-order valence-corrected chi connectivity index (χ2v) is 5.99. The number of ketones is 2. The molecule has 1 aliphatic carbocycles. The Hall–Kier alpha value is -2.72. The van der Waals surface area contributed by atoms with Gasteiger partial charge in [0.25, 0.3) is 0 Å². The van der Waals surface area contributed by atoms with Crippen LogP contribution in [0.5, 0.6) is 0 Å². The minimum absolute atomic E-state index is 0.0987. The predicted molar refractivity (Wildman–Crippen MR) is 91.7 cm³/mol. The summed E-state index contributed by atoms with van der Waals surface area (Å²) in [5, 5.41) is 12.7. The van der Waals surface area contributed by atoms with Crippen LogP contribution >= 0.6 is 0 Å². The standard InChI is InChI=1S/C20H18O4/c1-13-9-18(22)20(23,19(10-13)24-2)12-17(21)16-8-7-14-5-3-4-6-15(14)11-16/h3-11,23H,12H2,1-2H3. The van der Waals surface area contributed by atoms with Crippen molar-refractivity contribution in [3.05, 3.63) is 71.5 Å². The molecule has 122 valence electrons. The number of Topliss-reactive ketones (excluding diaryl/α,β-unsaturated/α-hetero) is 1. The van der Waals surface area contributed by atoms with Gasteiger partial charge < -0.3 is 9.84 Å². The molecule has 0 heterocycles. The van der Waals surface area contributed by atoms with Crippen molar-refractivity contribution in [3.8, 4) is 0 Å². The van der Waals surface area contributed by atoms with Crippen LogP contribution in [-0.4, -0.2) is 29.4 Å². The number of carbonyl (C=O) groups excluding carboxylic acids is 2. The molecule has 0 radical (unpaired) electrons. The lowest BCUT2D eigenvalue weighted by Gasteiger charge is -2.29. The van der Waals surface area contributed by atoms with Gasteiger partial charge in [0.05, 0.1) is 13.5 Å². The molecule has 0 fully saturated rings. The number of methoxy groups -OCH3 is 1. The molecular formula is C20H18O4. The van der Waals surface area contributed by atoms with Crippen molar-refractivity contribution >= 4 is 22.3 Å². The van der Waals surface area contributed by atoms with Crippen LogP contribution in [0.4, 0.5) is 0 Å². The zero-order valence-corrected chi connectivity index (χ0v) is 13.6. The average molecular weight is 322 g/mol. The van der Waals surface area contributed by atoms with Crippen LogP contribution in [0.2, 0.25) is 0 Å². The van der Waals surface area contributed by atoms with Crippen LogP contribution in [0.15, 0.2) is 65.9 Å². The van der Waals surface area contributed by atoms with Crippen molar-refractivity contribution in [1.82, 2.24) is 0 Å². The van der Waals surface area contributed by atoms with E-state index in [1.165, 1.54) is 13.2 Å². The quantitative estimate of drug-likeness (QED) is 0.878. The van der Waals surface area contributed by atoms with Gasteiger partial charge in [-0.05, 0) is 41.5 Å². The van der Waals surface area contributed by atoms with E-state index in [0.717, 1.165) is 10.8 Å². The third kappa shape index (κ3) is 2.76. The molecular weight excluding hydrogens is 304 g/mol. The van der Waals surface area contributed by atoms with Gasteiger partial charge in [0.2, 0.25) is 0 Å². The van der Waals surface area contributed by atoms with Crippen LogP contribution in [0.25, 0.3) is 10.8 Å². The van der Waals surface area contributed by atoms with Gasteiger partial charge >= 0.3 is 0 Å². The number of aliphatic hydroxyl groups is 1. The summed E-state index contributed by atoms with van der Waals surface area (Å²) in [6, 6.07) is 13.0. The Bertz CT molecular complexity index is 891. The van der Waals surface area contributed by atoms with E-state index < -0.39 is 11.4 Å². The number of rotatable bonds is 4. The van der Waals surface area contributed by atoms with Gasteiger partial charge in [-0.25, -0.2) is 0 Å². The Morgan fingerprint density at radius 2 is 1.83 bits per heavy atom. The summed E-state index contributed by atoms with van der Waals surface area (Å²) in [5.74, 6) is -0.748. The highest BCUT2D eigenvalue weighted by molar-refractivity contribution is 6.08. The minimum Gasteiger partial charge on any atom is -0.497 e. The second kappa shape index (κ2) is 6.06. The largest absolute Gasteiger partial charge is 0.497 e. The van der Waals surface area contributed by atoms with E-state index in [1.807, 2.05) is 30.3 Å². The molecule has 1 aliphatic rings. The smallest absolute Gasteiger partial charge is 0.195 e. The summed E-state index contributed by atoms with van der Waals surface area (Å²) >= 11 is 0. The van der Waals surface area contributed by atoms with E-state index in [2.05, 4.69) is 0 Å². The Morgan fingerprint density at radius 3 is 2.54 bits per heavy atom. The van der Waals surface area contributed by atoms with E-state index in [-0.39, 0.29) is 18.0 Å². The number of allylic oxidation sites excluding steroid dienone is 2. The van der Waals surface area contributed by atoms with Gasteiger partial charge in [0, 0.05) is 5.56 Å². The van der Waals surface area contributed by atoms with Crippen molar-refractivity contribution in [2.45, 2.75) is 18.9 Å². The molecule has 0 saturated carbocycles. The lowest BCUT2D eigenvalue weighted by molar-refractivity contribution is -0.132. The topological polar surface area (TPSA) is 63.6 Å². The number of carbonyl (C=O) groups is 2. The number of fused-ring (bicyclic) bond motifs is 1. The third-order valence-corrected chi connectivity index (χ3v) is 4.24. The molecule has 1 N–H and O–H groups in total. The summed E-state index contributed by atoms with van der Waals surface area (Å²) in [6.45, 7) is 1.74. The predicted octanol–water partition coefficient (Wildman–Crippen LogP) is 3.20. The molecule has 2 aromatic carbocycles. The fraction of sp³-hybridized carbons (Fsp3) is 0.200. The van der Waals surface area contributed by atoms with Crippen LogP contribution in [0.1, 0.15) is 23.7 Å². The lowest BCUT2D eigenvalue weighted by atomic mass is 9.83. The van der Waals surface area contributed by atoms with E-state index in [4.69, 9.17) is 4.74 Å². The molecule has 0 aliphatic heterocycles. The summed E-state index contributed by atoms with van der Waals surface area (Å²) in [6.07, 6.45) is 2.55. The Morgan fingerprint density at radius 1 is 1.12 bits per heavy atom. The lowest BCUT2D eigenvalue weighted by Crippen LogP contribution is -2.44. The van der Waals surface area contributed by atoms with Crippen LogP contribution in [0.3, 0.4) is 0 Å².